The van der Waals surface area contributed by atoms with Crippen molar-refractivity contribution in [2.24, 2.45) is 0 Å². The summed E-state index contributed by atoms with van der Waals surface area (Å²) in [7, 11) is 0. The summed E-state index contributed by atoms with van der Waals surface area (Å²) in [4.78, 5) is 13.8. The van der Waals surface area contributed by atoms with Gasteiger partial charge in [0.1, 0.15) is 0 Å². The number of anilines is 1. The van der Waals surface area contributed by atoms with Gasteiger partial charge in [0.25, 0.3) is 5.91 Å². The Morgan fingerprint density at radius 1 is 1.45 bits per heavy atom. The molecule has 2 N–H and O–H groups in total. The van der Waals surface area contributed by atoms with Crippen molar-refractivity contribution in [1.29, 1.82) is 0 Å². The average Bonchev–Trinajstić information content (AvgIpc) is 2.98. The van der Waals surface area contributed by atoms with Gasteiger partial charge in [0.15, 0.2) is 11.5 Å². The van der Waals surface area contributed by atoms with Gasteiger partial charge in [0.2, 0.25) is 0 Å². The van der Waals surface area contributed by atoms with Crippen LogP contribution in [0, 0.1) is 0 Å². The average molecular weight is 277 g/mol. The molecule has 0 radical (unpaired) electrons. The summed E-state index contributed by atoms with van der Waals surface area (Å²) in [6.45, 7) is 7.50. The number of rotatable bonds is 6. The molecule has 0 aliphatic carbocycles. The van der Waals surface area contributed by atoms with Crippen LogP contribution in [0.2, 0.25) is 0 Å². The van der Waals surface area contributed by atoms with E-state index >= 15 is 0 Å². The molecule has 0 aromatic carbocycles. The quantitative estimate of drug-likeness (QED) is 0.805. The Balaban J connectivity index is 2.00. The Hall–Kier alpha value is -1.69. The fraction of sp³-hybridized carbons (Fsp3) is 0.643. The summed E-state index contributed by atoms with van der Waals surface area (Å²) in [5.74, 6) is 0.654. The van der Waals surface area contributed by atoms with Crippen LogP contribution in [0.15, 0.2) is 12.1 Å². The van der Waals surface area contributed by atoms with Gasteiger partial charge in [-0.2, -0.15) is 0 Å². The zero-order valence-electron chi connectivity index (χ0n) is 12.2. The van der Waals surface area contributed by atoms with E-state index in [0.29, 0.717) is 18.3 Å². The van der Waals surface area contributed by atoms with Crippen molar-refractivity contribution in [2.45, 2.75) is 32.7 Å². The second-order valence-corrected chi connectivity index (χ2v) is 4.97. The maximum Gasteiger partial charge on any atom is 0.271 e. The van der Waals surface area contributed by atoms with Gasteiger partial charge in [0, 0.05) is 25.7 Å². The minimum Gasteiger partial charge on any atom is -0.354 e. The third-order valence-corrected chi connectivity index (χ3v) is 3.53. The lowest BCUT2D eigenvalue weighted by molar-refractivity contribution is 0.0950. The third-order valence-electron chi connectivity index (χ3n) is 3.53. The minimum atomic E-state index is -0.174. The molecule has 1 saturated heterocycles. The second-order valence-electron chi connectivity index (χ2n) is 4.97. The summed E-state index contributed by atoms with van der Waals surface area (Å²) in [6, 6.07) is 4.13. The number of amides is 1. The van der Waals surface area contributed by atoms with E-state index in [-0.39, 0.29) is 5.91 Å². The van der Waals surface area contributed by atoms with Crippen LogP contribution < -0.4 is 15.5 Å². The molecule has 0 bridgehead atoms. The standard InChI is InChI=1S/C14H23N5O/c1-3-15-14(20)12-7-8-13(18-17-12)19(4-2)10-11-6-5-9-16-11/h7-8,11,16H,3-6,9-10H2,1-2H3,(H,15,20). The molecule has 1 aliphatic rings. The van der Waals surface area contributed by atoms with Crippen LogP contribution in [0.1, 0.15) is 37.2 Å². The van der Waals surface area contributed by atoms with E-state index in [0.717, 1.165) is 25.5 Å². The highest BCUT2D eigenvalue weighted by molar-refractivity contribution is 5.92. The Morgan fingerprint density at radius 3 is 2.85 bits per heavy atom. The number of nitrogens with one attached hydrogen (secondary N) is 2. The first-order valence-electron chi connectivity index (χ1n) is 7.34. The fourth-order valence-corrected chi connectivity index (χ4v) is 2.43. The predicted octanol–water partition coefficient (Wildman–Crippen LogP) is 0.805. The maximum absolute atomic E-state index is 11.6. The van der Waals surface area contributed by atoms with Crippen LogP contribution in [0.3, 0.4) is 0 Å². The molecule has 2 rings (SSSR count). The minimum absolute atomic E-state index is 0.174. The molecule has 2 heterocycles. The van der Waals surface area contributed by atoms with E-state index in [1.807, 2.05) is 13.0 Å². The van der Waals surface area contributed by atoms with Crippen molar-refractivity contribution in [1.82, 2.24) is 20.8 Å². The topological polar surface area (TPSA) is 70.2 Å². The van der Waals surface area contributed by atoms with Crippen LogP contribution >= 0.6 is 0 Å². The third kappa shape index (κ3) is 3.66. The molecule has 1 aromatic rings. The molecule has 1 aromatic heterocycles. The Bertz CT molecular complexity index is 428. The van der Waals surface area contributed by atoms with E-state index in [1.54, 1.807) is 6.07 Å². The number of carbonyl (C=O) groups excluding carboxylic acids is 1. The summed E-state index contributed by atoms with van der Waals surface area (Å²) < 4.78 is 0. The number of aromatic nitrogens is 2. The second kappa shape index (κ2) is 7.19. The van der Waals surface area contributed by atoms with E-state index in [2.05, 4.69) is 32.7 Å². The lowest BCUT2D eigenvalue weighted by Crippen LogP contribution is -2.38. The first-order valence-corrected chi connectivity index (χ1v) is 7.34. The van der Waals surface area contributed by atoms with Gasteiger partial charge in [-0.15, -0.1) is 10.2 Å². The normalized spacial score (nSPS) is 18.0. The van der Waals surface area contributed by atoms with Gasteiger partial charge in [-0.25, -0.2) is 0 Å². The lowest BCUT2D eigenvalue weighted by Gasteiger charge is -2.25. The van der Waals surface area contributed by atoms with Crippen molar-refractivity contribution in [2.75, 3.05) is 31.1 Å². The van der Waals surface area contributed by atoms with Crippen molar-refractivity contribution >= 4 is 11.7 Å². The van der Waals surface area contributed by atoms with Gasteiger partial charge in [0.05, 0.1) is 0 Å². The molecule has 1 unspecified atom stereocenters. The molecule has 0 saturated carbocycles. The molecule has 1 atom stereocenters. The van der Waals surface area contributed by atoms with E-state index in [4.69, 9.17) is 0 Å². The highest BCUT2D eigenvalue weighted by Crippen LogP contribution is 2.13. The van der Waals surface area contributed by atoms with Crippen LogP contribution in [0.5, 0.6) is 0 Å². The lowest BCUT2D eigenvalue weighted by atomic mass is 10.2. The molecule has 1 aliphatic heterocycles. The van der Waals surface area contributed by atoms with Crippen LogP contribution in [-0.4, -0.2) is 48.3 Å². The maximum atomic E-state index is 11.6. The van der Waals surface area contributed by atoms with Gasteiger partial charge >= 0.3 is 0 Å². The highest BCUT2D eigenvalue weighted by atomic mass is 16.1. The number of carbonyl (C=O) groups is 1. The van der Waals surface area contributed by atoms with Crippen LogP contribution in [0.25, 0.3) is 0 Å². The number of likely N-dealkylation sites (N-methyl/N-ethyl adjacent to an activating group) is 1. The summed E-state index contributed by atoms with van der Waals surface area (Å²) in [5.41, 5.74) is 0.366. The molecule has 6 nitrogen and oxygen atoms in total. The zero-order chi connectivity index (χ0) is 14.4. The van der Waals surface area contributed by atoms with E-state index in [1.165, 1.54) is 12.8 Å². The van der Waals surface area contributed by atoms with Crippen molar-refractivity contribution < 1.29 is 4.79 Å². The Labute approximate surface area is 120 Å². The smallest absolute Gasteiger partial charge is 0.271 e. The van der Waals surface area contributed by atoms with E-state index in [9.17, 15) is 4.79 Å². The SMILES string of the molecule is CCNC(=O)c1ccc(N(CC)CC2CCCN2)nn1. The predicted molar refractivity (Wildman–Crippen MR) is 79.0 cm³/mol. The van der Waals surface area contributed by atoms with Crippen LogP contribution in [0.4, 0.5) is 5.82 Å². The molecule has 110 valence electrons. The van der Waals surface area contributed by atoms with Crippen molar-refractivity contribution in [3.63, 3.8) is 0 Å². The number of nitrogens with zero attached hydrogens (tertiary/aromatic N) is 3. The van der Waals surface area contributed by atoms with Gasteiger partial charge in [-0.1, -0.05) is 0 Å². The van der Waals surface area contributed by atoms with Crippen molar-refractivity contribution in [3.8, 4) is 0 Å². The first-order chi connectivity index (χ1) is 9.74. The summed E-state index contributed by atoms with van der Waals surface area (Å²) in [5, 5.41) is 14.4. The fourth-order valence-electron chi connectivity index (χ4n) is 2.43. The molecular formula is C14H23N5O. The van der Waals surface area contributed by atoms with Gasteiger partial charge < -0.3 is 15.5 Å². The van der Waals surface area contributed by atoms with Gasteiger partial charge in [-0.05, 0) is 45.4 Å². The molecule has 6 heteroatoms. The highest BCUT2D eigenvalue weighted by Gasteiger charge is 2.18. The van der Waals surface area contributed by atoms with E-state index < -0.39 is 0 Å². The van der Waals surface area contributed by atoms with Gasteiger partial charge in [-0.3, -0.25) is 4.79 Å². The van der Waals surface area contributed by atoms with Crippen LogP contribution in [-0.2, 0) is 0 Å². The molecule has 0 spiro atoms. The Kier molecular flexibility index (Phi) is 5.29. The monoisotopic (exact) mass is 277 g/mol. The largest absolute Gasteiger partial charge is 0.354 e. The Morgan fingerprint density at radius 2 is 2.30 bits per heavy atom. The van der Waals surface area contributed by atoms with Crippen molar-refractivity contribution in [3.05, 3.63) is 17.8 Å². The molecule has 1 fully saturated rings. The number of hydrogen-bond acceptors (Lipinski definition) is 5. The number of hydrogen-bond donors (Lipinski definition) is 2. The summed E-state index contributed by atoms with van der Waals surface area (Å²) in [6.07, 6.45) is 2.45. The first kappa shape index (κ1) is 14.7. The molecule has 20 heavy (non-hydrogen) atoms. The summed E-state index contributed by atoms with van der Waals surface area (Å²) >= 11 is 0. The molecular weight excluding hydrogens is 254 g/mol. The zero-order valence-corrected chi connectivity index (χ0v) is 12.2. The molecule has 1 amide bonds.